The Bertz CT molecular complexity index is 1760. The highest BCUT2D eigenvalue weighted by atomic mass is 16.6. The molecule has 1 aliphatic heterocycles. The quantitative estimate of drug-likeness (QED) is 0.341. The summed E-state index contributed by atoms with van der Waals surface area (Å²) in [4.78, 5) is 50.5. The molecule has 0 bridgehead atoms. The van der Waals surface area contributed by atoms with Crippen LogP contribution in [0.15, 0.2) is 59.5 Å². The van der Waals surface area contributed by atoms with Gasteiger partial charge in [-0.2, -0.15) is 0 Å². The lowest BCUT2D eigenvalue weighted by Gasteiger charge is -2.31. The van der Waals surface area contributed by atoms with E-state index in [1.807, 2.05) is 52.8 Å². The summed E-state index contributed by atoms with van der Waals surface area (Å²) in [6.45, 7) is 10.1. The first-order chi connectivity index (χ1) is 20.4. The average molecular weight is 584 g/mol. The van der Waals surface area contributed by atoms with Crippen molar-refractivity contribution in [1.29, 1.82) is 0 Å². The first-order valence-corrected chi connectivity index (χ1v) is 14.4. The maximum absolute atomic E-state index is 14.0. The Morgan fingerprint density at radius 1 is 1.02 bits per heavy atom. The third-order valence-corrected chi connectivity index (χ3v) is 7.09. The molecule has 0 spiro atoms. The molecule has 0 atom stereocenters. The third-order valence-electron chi connectivity index (χ3n) is 7.09. The predicted octanol–water partition coefficient (Wildman–Crippen LogP) is 4.95. The number of nitrogens with one attached hydrogen (secondary N) is 1. The van der Waals surface area contributed by atoms with Gasteiger partial charge in [0.2, 0.25) is 5.91 Å². The molecular formula is C33H37N5O5. The molecule has 2 aromatic heterocycles. The Labute approximate surface area is 250 Å². The summed E-state index contributed by atoms with van der Waals surface area (Å²) in [5, 5.41) is 3.15. The van der Waals surface area contributed by atoms with Crippen LogP contribution >= 0.6 is 0 Å². The number of hydrogen-bond donors (Lipinski definition) is 1. The van der Waals surface area contributed by atoms with Crippen molar-refractivity contribution < 1.29 is 19.1 Å². The maximum Gasteiger partial charge on any atom is 0.410 e. The second-order valence-corrected chi connectivity index (χ2v) is 12.0. The number of pyridine rings is 1. The molecule has 10 heteroatoms. The van der Waals surface area contributed by atoms with Crippen LogP contribution < -0.4 is 15.6 Å². The van der Waals surface area contributed by atoms with Gasteiger partial charge < -0.3 is 19.7 Å². The fourth-order valence-corrected chi connectivity index (χ4v) is 5.12. The lowest BCUT2D eigenvalue weighted by molar-refractivity contribution is -0.122. The highest BCUT2D eigenvalue weighted by Crippen LogP contribution is 2.29. The van der Waals surface area contributed by atoms with Crippen molar-refractivity contribution in [1.82, 2.24) is 24.8 Å². The van der Waals surface area contributed by atoms with Crippen LogP contribution in [0, 0.1) is 0 Å². The normalized spacial score (nSPS) is 13.1. The van der Waals surface area contributed by atoms with E-state index < -0.39 is 5.60 Å². The first-order valence-electron chi connectivity index (χ1n) is 14.4. The number of methoxy groups -OCH3 is 1. The smallest absolute Gasteiger partial charge is 0.410 e. The highest BCUT2D eigenvalue weighted by Gasteiger charge is 2.26. The summed E-state index contributed by atoms with van der Waals surface area (Å²) in [5.41, 5.74) is 3.75. The predicted molar refractivity (Wildman–Crippen MR) is 165 cm³/mol. The molecule has 0 saturated carbocycles. The van der Waals surface area contributed by atoms with Gasteiger partial charge in [-0.3, -0.25) is 14.2 Å². The second kappa shape index (κ2) is 11.9. The van der Waals surface area contributed by atoms with Gasteiger partial charge in [0, 0.05) is 36.5 Å². The first kappa shape index (κ1) is 29.8. The van der Waals surface area contributed by atoms with Crippen LogP contribution in [0.2, 0.25) is 0 Å². The summed E-state index contributed by atoms with van der Waals surface area (Å²) < 4.78 is 12.3. The molecule has 0 radical (unpaired) electrons. The van der Waals surface area contributed by atoms with Crippen molar-refractivity contribution >= 4 is 23.0 Å². The molecule has 10 nitrogen and oxygen atoms in total. The van der Waals surface area contributed by atoms with Gasteiger partial charge in [0.05, 0.1) is 12.5 Å². The van der Waals surface area contributed by atoms with Crippen molar-refractivity contribution in [2.24, 2.45) is 0 Å². The number of carbonyl (C=O) groups is 2. The number of nitrogens with zero attached hydrogens (tertiary/aromatic N) is 4. The average Bonchev–Trinajstić information content (AvgIpc) is 2.96. The van der Waals surface area contributed by atoms with E-state index in [0.717, 1.165) is 23.1 Å². The van der Waals surface area contributed by atoms with E-state index in [2.05, 4.69) is 16.4 Å². The van der Waals surface area contributed by atoms with Gasteiger partial charge >= 0.3 is 6.09 Å². The van der Waals surface area contributed by atoms with Crippen molar-refractivity contribution in [2.45, 2.75) is 65.8 Å². The van der Waals surface area contributed by atoms with Gasteiger partial charge in [0.25, 0.3) is 5.56 Å². The molecule has 0 aliphatic carbocycles. The van der Waals surface area contributed by atoms with Crippen LogP contribution in [-0.2, 0) is 29.0 Å². The third kappa shape index (κ3) is 6.69. The summed E-state index contributed by atoms with van der Waals surface area (Å²) in [7, 11) is 1.56. The number of ether oxygens (including phenoxy) is 2. The molecule has 0 fully saturated rings. The van der Waals surface area contributed by atoms with Crippen LogP contribution in [0.3, 0.4) is 0 Å². The van der Waals surface area contributed by atoms with Crippen LogP contribution in [0.5, 0.6) is 5.75 Å². The molecule has 5 rings (SSSR count). The minimum absolute atomic E-state index is 0.0830. The number of fused-ring (bicyclic) bond motifs is 2. The van der Waals surface area contributed by atoms with Gasteiger partial charge in [-0.1, -0.05) is 24.3 Å². The summed E-state index contributed by atoms with van der Waals surface area (Å²) in [6.07, 6.45) is 2.08. The standard InChI is InChI=1S/C33H37N5O5/c1-20(2)35-28(39)19-38-30(23-8-7-9-26(15-23)42-6)36-29-27(31(38)40)16-24(17-34-29)22-11-10-21-12-13-37(18-25(21)14-22)32(41)43-33(3,4)5/h7-11,14-17,20H,12-13,18-19H2,1-6H3,(H,35,39). The zero-order valence-corrected chi connectivity index (χ0v) is 25.4. The fraction of sp³-hybridized carbons (Fsp3) is 0.364. The largest absolute Gasteiger partial charge is 0.497 e. The van der Waals surface area contributed by atoms with Gasteiger partial charge in [-0.05, 0) is 82.0 Å². The molecule has 43 heavy (non-hydrogen) atoms. The minimum atomic E-state index is -0.571. The minimum Gasteiger partial charge on any atom is -0.497 e. The summed E-state index contributed by atoms with van der Waals surface area (Å²) >= 11 is 0. The SMILES string of the molecule is COc1cccc(-c2nc3ncc(-c4ccc5c(c4)CN(C(=O)OC(C)(C)C)CC5)cc3c(=O)n2CC(=O)NC(C)C)c1. The molecule has 2 aromatic carbocycles. The summed E-state index contributed by atoms with van der Waals surface area (Å²) in [6, 6.07) is 15.0. The molecule has 0 saturated heterocycles. The number of benzene rings is 2. The van der Waals surface area contributed by atoms with E-state index in [1.165, 1.54) is 10.1 Å². The van der Waals surface area contributed by atoms with E-state index in [1.54, 1.807) is 42.5 Å². The van der Waals surface area contributed by atoms with E-state index in [9.17, 15) is 14.4 Å². The zero-order chi connectivity index (χ0) is 30.9. The Morgan fingerprint density at radius 2 is 1.81 bits per heavy atom. The molecule has 3 heterocycles. The lowest BCUT2D eigenvalue weighted by atomic mass is 9.95. The number of rotatable bonds is 6. The zero-order valence-electron chi connectivity index (χ0n) is 25.4. The number of amides is 2. The van der Waals surface area contributed by atoms with Gasteiger partial charge in [0.1, 0.15) is 23.7 Å². The Morgan fingerprint density at radius 3 is 2.53 bits per heavy atom. The number of aromatic nitrogens is 3. The van der Waals surface area contributed by atoms with E-state index in [0.29, 0.717) is 35.6 Å². The second-order valence-electron chi connectivity index (χ2n) is 12.0. The number of hydrogen-bond acceptors (Lipinski definition) is 7. The Hall–Kier alpha value is -4.73. The van der Waals surface area contributed by atoms with Crippen LogP contribution in [0.4, 0.5) is 4.79 Å². The van der Waals surface area contributed by atoms with E-state index >= 15 is 0 Å². The van der Waals surface area contributed by atoms with Crippen LogP contribution in [-0.4, -0.2) is 56.7 Å². The van der Waals surface area contributed by atoms with Crippen molar-refractivity contribution in [3.63, 3.8) is 0 Å². The van der Waals surface area contributed by atoms with Gasteiger partial charge in [-0.25, -0.2) is 14.8 Å². The Kier molecular flexibility index (Phi) is 8.21. The molecule has 1 N–H and O–H groups in total. The Balaban J connectivity index is 1.55. The van der Waals surface area contributed by atoms with E-state index in [-0.39, 0.29) is 35.8 Å². The number of carbonyl (C=O) groups excluding carboxylic acids is 2. The van der Waals surface area contributed by atoms with Gasteiger partial charge in [0.15, 0.2) is 5.65 Å². The van der Waals surface area contributed by atoms with Crippen LogP contribution in [0.1, 0.15) is 45.7 Å². The van der Waals surface area contributed by atoms with E-state index in [4.69, 9.17) is 14.5 Å². The molecule has 1 aliphatic rings. The molecule has 2 amide bonds. The molecule has 4 aromatic rings. The summed E-state index contributed by atoms with van der Waals surface area (Å²) in [5.74, 6) is 0.633. The fourth-order valence-electron chi connectivity index (χ4n) is 5.12. The molecular weight excluding hydrogens is 546 g/mol. The van der Waals surface area contributed by atoms with Crippen molar-refractivity contribution in [3.05, 3.63) is 76.2 Å². The highest BCUT2D eigenvalue weighted by molar-refractivity contribution is 5.83. The van der Waals surface area contributed by atoms with Crippen molar-refractivity contribution in [2.75, 3.05) is 13.7 Å². The topological polar surface area (TPSA) is 116 Å². The maximum atomic E-state index is 14.0. The lowest BCUT2D eigenvalue weighted by Crippen LogP contribution is -2.39. The monoisotopic (exact) mass is 583 g/mol. The van der Waals surface area contributed by atoms with Crippen molar-refractivity contribution in [3.8, 4) is 28.3 Å². The molecule has 0 unspecified atom stereocenters. The molecule has 224 valence electrons. The van der Waals surface area contributed by atoms with Gasteiger partial charge in [-0.15, -0.1) is 0 Å². The van der Waals surface area contributed by atoms with Crippen LogP contribution in [0.25, 0.3) is 33.5 Å².